The van der Waals surface area contributed by atoms with E-state index in [2.05, 4.69) is 4.90 Å². The Morgan fingerprint density at radius 1 is 0.966 bits per heavy atom. The average molecular weight is 419 g/mol. The van der Waals surface area contributed by atoms with Crippen molar-refractivity contribution >= 4 is 10.0 Å². The van der Waals surface area contributed by atoms with Gasteiger partial charge in [0.2, 0.25) is 10.0 Å². The first-order valence-corrected chi connectivity index (χ1v) is 11.3. The van der Waals surface area contributed by atoms with Crippen LogP contribution in [-0.4, -0.2) is 64.1 Å². The lowest BCUT2D eigenvalue weighted by Gasteiger charge is -2.34. The van der Waals surface area contributed by atoms with E-state index in [1.807, 2.05) is 24.3 Å². The summed E-state index contributed by atoms with van der Waals surface area (Å²) in [6, 6.07) is 12.8. The van der Waals surface area contributed by atoms with E-state index in [0.29, 0.717) is 50.9 Å². The highest BCUT2D eigenvalue weighted by atomic mass is 32.2. The van der Waals surface area contributed by atoms with Gasteiger partial charge < -0.3 is 14.2 Å². The van der Waals surface area contributed by atoms with Gasteiger partial charge in [-0.3, -0.25) is 4.90 Å². The van der Waals surface area contributed by atoms with Gasteiger partial charge in [-0.2, -0.15) is 4.31 Å². The van der Waals surface area contributed by atoms with E-state index < -0.39 is 10.0 Å². The quantitative estimate of drug-likeness (QED) is 0.743. The molecule has 0 bridgehead atoms. The smallest absolute Gasteiger partial charge is 0.243 e. The molecule has 0 N–H and O–H groups in total. The summed E-state index contributed by atoms with van der Waals surface area (Å²) in [6.07, 6.45) is 0.783. The van der Waals surface area contributed by atoms with Gasteiger partial charge >= 0.3 is 0 Å². The molecule has 7 nitrogen and oxygen atoms in total. The molecule has 2 aliphatic heterocycles. The molecule has 4 rings (SSSR count). The Balaban J connectivity index is 1.43. The van der Waals surface area contributed by atoms with Crippen molar-refractivity contribution in [2.75, 3.05) is 46.5 Å². The number of methoxy groups -OCH3 is 1. The van der Waals surface area contributed by atoms with Crippen LogP contribution in [0.5, 0.6) is 17.2 Å². The average Bonchev–Trinajstić information content (AvgIpc) is 2.99. The third-order valence-electron chi connectivity index (χ3n) is 5.27. The fraction of sp³-hybridized carbons (Fsp3) is 0.429. The summed E-state index contributed by atoms with van der Waals surface area (Å²) >= 11 is 0. The SMILES string of the molecule is COc1ccccc1CN1CCN(S(=O)(=O)c2ccc3c(c2)OCCCO3)CC1. The van der Waals surface area contributed by atoms with E-state index in [4.69, 9.17) is 14.2 Å². The van der Waals surface area contributed by atoms with Crippen LogP contribution in [0.15, 0.2) is 47.4 Å². The van der Waals surface area contributed by atoms with Crippen LogP contribution in [0.4, 0.5) is 0 Å². The summed E-state index contributed by atoms with van der Waals surface area (Å²) in [6.45, 7) is 4.08. The maximum atomic E-state index is 13.1. The second kappa shape index (κ2) is 8.61. The van der Waals surface area contributed by atoms with Gasteiger partial charge in [0.1, 0.15) is 5.75 Å². The number of rotatable bonds is 5. The van der Waals surface area contributed by atoms with Crippen LogP contribution in [0.25, 0.3) is 0 Å². The lowest BCUT2D eigenvalue weighted by molar-refractivity contribution is 0.180. The molecule has 1 fully saturated rings. The van der Waals surface area contributed by atoms with E-state index in [1.54, 1.807) is 29.6 Å². The van der Waals surface area contributed by atoms with Crippen LogP contribution in [-0.2, 0) is 16.6 Å². The molecule has 0 unspecified atom stereocenters. The van der Waals surface area contributed by atoms with E-state index >= 15 is 0 Å². The van der Waals surface area contributed by atoms with Gasteiger partial charge in [0.25, 0.3) is 0 Å². The summed E-state index contributed by atoms with van der Waals surface area (Å²) < 4.78 is 44.4. The third kappa shape index (κ3) is 4.34. The standard InChI is InChI=1S/C21H26N2O5S/c1-26-19-6-3-2-5-17(19)16-22-9-11-23(12-10-22)29(24,25)18-7-8-20-21(15-18)28-14-4-13-27-20/h2-3,5-8,15H,4,9-14,16H2,1H3. The maximum Gasteiger partial charge on any atom is 0.243 e. The Morgan fingerprint density at radius 2 is 1.69 bits per heavy atom. The molecular weight excluding hydrogens is 392 g/mol. The number of benzene rings is 2. The first kappa shape index (κ1) is 20.0. The molecule has 156 valence electrons. The largest absolute Gasteiger partial charge is 0.496 e. The molecule has 2 aliphatic rings. The molecular formula is C21H26N2O5S. The van der Waals surface area contributed by atoms with Gasteiger partial charge in [-0.15, -0.1) is 0 Å². The Bertz CT molecular complexity index is 955. The summed E-state index contributed by atoms with van der Waals surface area (Å²) in [5.74, 6) is 1.95. The molecule has 2 aromatic rings. The highest BCUT2D eigenvalue weighted by Crippen LogP contribution is 2.33. The number of hydrogen-bond acceptors (Lipinski definition) is 6. The van der Waals surface area contributed by atoms with Gasteiger partial charge in [0.15, 0.2) is 11.5 Å². The van der Waals surface area contributed by atoms with Crippen LogP contribution >= 0.6 is 0 Å². The summed E-state index contributed by atoms with van der Waals surface area (Å²) in [5, 5.41) is 0. The van der Waals surface area contributed by atoms with Gasteiger partial charge in [0.05, 0.1) is 25.2 Å². The molecule has 1 saturated heterocycles. The minimum absolute atomic E-state index is 0.250. The number of fused-ring (bicyclic) bond motifs is 1. The van der Waals surface area contributed by atoms with Crippen molar-refractivity contribution in [3.63, 3.8) is 0 Å². The third-order valence-corrected chi connectivity index (χ3v) is 7.17. The van der Waals surface area contributed by atoms with Crippen molar-refractivity contribution in [1.29, 1.82) is 0 Å². The molecule has 0 atom stereocenters. The maximum absolute atomic E-state index is 13.1. The molecule has 0 amide bonds. The minimum atomic E-state index is -3.57. The van der Waals surface area contributed by atoms with Crippen LogP contribution in [0, 0.1) is 0 Å². The topological polar surface area (TPSA) is 68.3 Å². The monoisotopic (exact) mass is 418 g/mol. The van der Waals surface area contributed by atoms with Gasteiger partial charge in [-0.05, 0) is 18.2 Å². The molecule has 0 saturated carbocycles. The summed E-state index contributed by atoms with van der Waals surface area (Å²) in [4.78, 5) is 2.50. The van der Waals surface area contributed by atoms with Crippen molar-refractivity contribution in [3.05, 3.63) is 48.0 Å². The Labute approximate surface area is 171 Å². The minimum Gasteiger partial charge on any atom is -0.496 e. The van der Waals surface area contributed by atoms with Crippen molar-refractivity contribution in [3.8, 4) is 17.2 Å². The number of para-hydroxylation sites is 1. The molecule has 0 spiro atoms. The number of sulfonamides is 1. The zero-order chi connectivity index (χ0) is 20.3. The fourth-order valence-electron chi connectivity index (χ4n) is 3.66. The zero-order valence-electron chi connectivity index (χ0n) is 16.5. The molecule has 8 heteroatoms. The first-order chi connectivity index (χ1) is 14.1. The van der Waals surface area contributed by atoms with Crippen LogP contribution in [0.1, 0.15) is 12.0 Å². The predicted molar refractivity (Wildman–Crippen MR) is 109 cm³/mol. The molecule has 0 aromatic heterocycles. The highest BCUT2D eigenvalue weighted by molar-refractivity contribution is 7.89. The Hall–Kier alpha value is -2.29. The highest BCUT2D eigenvalue weighted by Gasteiger charge is 2.29. The number of hydrogen-bond donors (Lipinski definition) is 0. The van der Waals surface area contributed by atoms with E-state index in [-0.39, 0.29) is 4.90 Å². The lowest BCUT2D eigenvalue weighted by Crippen LogP contribution is -2.48. The molecule has 2 heterocycles. The van der Waals surface area contributed by atoms with E-state index in [0.717, 1.165) is 24.3 Å². The number of ether oxygens (including phenoxy) is 3. The van der Waals surface area contributed by atoms with Gasteiger partial charge in [-0.25, -0.2) is 8.42 Å². The summed E-state index contributed by atoms with van der Waals surface area (Å²) in [5.41, 5.74) is 1.11. The van der Waals surface area contributed by atoms with Crippen LogP contribution in [0.3, 0.4) is 0 Å². The van der Waals surface area contributed by atoms with E-state index in [9.17, 15) is 8.42 Å². The van der Waals surface area contributed by atoms with Crippen molar-refractivity contribution in [2.45, 2.75) is 17.9 Å². The molecule has 2 aromatic carbocycles. The number of nitrogens with zero attached hydrogens (tertiary/aromatic N) is 2. The molecule has 29 heavy (non-hydrogen) atoms. The first-order valence-electron chi connectivity index (χ1n) is 9.82. The van der Waals surface area contributed by atoms with Crippen LogP contribution < -0.4 is 14.2 Å². The number of piperazine rings is 1. The Kier molecular flexibility index (Phi) is 5.94. The summed E-state index contributed by atoms with van der Waals surface area (Å²) in [7, 11) is -1.90. The second-order valence-corrected chi connectivity index (χ2v) is 9.09. The van der Waals surface area contributed by atoms with Crippen molar-refractivity contribution < 1.29 is 22.6 Å². The predicted octanol–water partition coefficient (Wildman–Crippen LogP) is 2.36. The van der Waals surface area contributed by atoms with Gasteiger partial charge in [0, 0.05) is 50.8 Å². The van der Waals surface area contributed by atoms with Crippen molar-refractivity contribution in [2.24, 2.45) is 0 Å². The van der Waals surface area contributed by atoms with Crippen molar-refractivity contribution in [1.82, 2.24) is 9.21 Å². The molecule has 0 aliphatic carbocycles. The normalized spacial score (nSPS) is 18.2. The Morgan fingerprint density at radius 3 is 2.45 bits per heavy atom. The molecule has 0 radical (unpaired) electrons. The second-order valence-electron chi connectivity index (χ2n) is 7.15. The van der Waals surface area contributed by atoms with Gasteiger partial charge in [-0.1, -0.05) is 18.2 Å². The lowest BCUT2D eigenvalue weighted by atomic mass is 10.2. The van der Waals surface area contributed by atoms with Crippen LogP contribution in [0.2, 0.25) is 0 Å². The zero-order valence-corrected chi connectivity index (χ0v) is 17.4. The fourth-order valence-corrected chi connectivity index (χ4v) is 5.09. The van der Waals surface area contributed by atoms with E-state index in [1.165, 1.54) is 0 Å².